The SMILES string of the molecule is O=S(=O)(Cc1ccccc1Cl)Nc1ccc2c3c(cccc13)CC2. The van der Waals surface area contributed by atoms with Gasteiger partial charge in [-0.2, -0.15) is 0 Å². The van der Waals surface area contributed by atoms with E-state index < -0.39 is 10.0 Å². The maximum absolute atomic E-state index is 12.6. The quantitative estimate of drug-likeness (QED) is 0.745. The Bertz CT molecular complexity index is 1030. The van der Waals surface area contributed by atoms with E-state index in [2.05, 4.69) is 10.8 Å². The molecule has 3 aromatic rings. The van der Waals surface area contributed by atoms with Crippen LogP contribution in [-0.2, 0) is 28.6 Å². The van der Waals surface area contributed by atoms with E-state index in [1.54, 1.807) is 24.3 Å². The van der Waals surface area contributed by atoms with Crippen molar-refractivity contribution in [3.63, 3.8) is 0 Å². The van der Waals surface area contributed by atoms with E-state index >= 15 is 0 Å². The van der Waals surface area contributed by atoms with Gasteiger partial charge in [0.1, 0.15) is 0 Å². The molecule has 0 unspecified atom stereocenters. The van der Waals surface area contributed by atoms with Gasteiger partial charge in [-0.05, 0) is 47.1 Å². The smallest absolute Gasteiger partial charge is 0.236 e. The summed E-state index contributed by atoms with van der Waals surface area (Å²) >= 11 is 6.09. The predicted octanol–water partition coefficient (Wildman–Crippen LogP) is 4.53. The minimum absolute atomic E-state index is 0.143. The van der Waals surface area contributed by atoms with Gasteiger partial charge in [0.15, 0.2) is 0 Å². The van der Waals surface area contributed by atoms with Gasteiger partial charge < -0.3 is 0 Å². The lowest BCUT2D eigenvalue weighted by Crippen LogP contribution is -2.15. The number of anilines is 1. The van der Waals surface area contributed by atoms with E-state index in [1.807, 2.05) is 24.3 Å². The number of benzene rings is 3. The molecule has 4 rings (SSSR count). The molecule has 0 spiro atoms. The lowest BCUT2D eigenvalue weighted by Gasteiger charge is -2.12. The molecule has 0 saturated heterocycles. The predicted molar refractivity (Wildman–Crippen MR) is 99.1 cm³/mol. The average Bonchev–Trinajstić information content (AvgIpc) is 2.97. The summed E-state index contributed by atoms with van der Waals surface area (Å²) in [5.74, 6) is -0.143. The molecule has 0 amide bonds. The van der Waals surface area contributed by atoms with Gasteiger partial charge in [-0.25, -0.2) is 8.42 Å². The van der Waals surface area contributed by atoms with Crippen molar-refractivity contribution >= 4 is 38.1 Å². The summed E-state index contributed by atoms with van der Waals surface area (Å²) in [6.07, 6.45) is 2.03. The van der Waals surface area contributed by atoms with Gasteiger partial charge in [0.2, 0.25) is 10.0 Å². The first-order valence-electron chi connectivity index (χ1n) is 7.81. The standard InChI is InChI=1S/C19H16ClNO2S/c20-17-7-2-1-4-15(17)12-24(22,23)21-18-11-10-14-9-8-13-5-3-6-16(18)19(13)14/h1-7,10-11,21H,8-9,12H2. The van der Waals surface area contributed by atoms with Crippen LogP contribution in [0, 0.1) is 0 Å². The molecule has 0 bridgehead atoms. The van der Waals surface area contributed by atoms with Crippen LogP contribution in [0.1, 0.15) is 16.7 Å². The summed E-state index contributed by atoms with van der Waals surface area (Å²) < 4.78 is 27.9. The fourth-order valence-electron chi connectivity index (χ4n) is 3.36. The van der Waals surface area contributed by atoms with Gasteiger partial charge in [-0.3, -0.25) is 4.72 Å². The molecule has 0 fully saturated rings. The lowest BCUT2D eigenvalue weighted by atomic mass is 10.0. The molecule has 122 valence electrons. The normalized spacial score (nSPS) is 13.4. The Labute approximate surface area is 146 Å². The van der Waals surface area contributed by atoms with Gasteiger partial charge in [-0.15, -0.1) is 0 Å². The first-order chi connectivity index (χ1) is 11.5. The van der Waals surface area contributed by atoms with E-state index in [1.165, 1.54) is 16.5 Å². The van der Waals surface area contributed by atoms with E-state index in [0.717, 1.165) is 18.2 Å². The Morgan fingerprint density at radius 2 is 1.67 bits per heavy atom. The van der Waals surface area contributed by atoms with Crippen LogP contribution in [0.5, 0.6) is 0 Å². The van der Waals surface area contributed by atoms with Crippen molar-refractivity contribution in [1.82, 2.24) is 0 Å². The molecule has 1 aliphatic carbocycles. The molecule has 0 saturated carbocycles. The number of sulfonamides is 1. The number of hydrogen-bond acceptors (Lipinski definition) is 2. The van der Waals surface area contributed by atoms with Crippen molar-refractivity contribution in [3.8, 4) is 0 Å². The Balaban J connectivity index is 1.71. The molecule has 0 radical (unpaired) electrons. The highest BCUT2D eigenvalue weighted by molar-refractivity contribution is 7.91. The second-order valence-corrected chi connectivity index (χ2v) is 8.19. The maximum Gasteiger partial charge on any atom is 0.236 e. The van der Waals surface area contributed by atoms with Gasteiger partial charge in [0, 0.05) is 10.4 Å². The van der Waals surface area contributed by atoms with Gasteiger partial charge in [0.25, 0.3) is 0 Å². The van der Waals surface area contributed by atoms with Gasteiger partial charge >= 0.3 is 0 Å². The minimum atomic E-state index is -3.54. The number of halogens is 1. The van der Waals surface area contributed by atoms with Gasteiger partial charge in [0.05, 0.1) is 11.4 Å². The summed E-state index contributed by atoms with van der Waals surface area (Å²) in [5, 5.41) is 2.61. The molecular weight excluding hydrogens is 342 g/mol. The fraction of sp³-hybridized carbons (Fsp3) is 0.158. The highest BCUT2D eigenvalue weighted by atomic mass is 35.5. The zero-order valence-corrected chi connectivity index (χ0v) is 14.5. The van der Waals surface area contributed by atoms with Crippen molar-refractivity contribution in [3.05, 3.63) is 76.3 Å². The monoisotopic (exact) mass is 357 g/mol. The minimum Gasteiger partial charge on any atom is -0.283 e. The number of rotatable bonds is 4. The van der Waals surface area contributed by atoms with Crippen LogP contribution < -0.4 is 4.72 Å². The molecule has 0 aliphatic heterocycles. The molecule has 24 heavy (non-hydrogen) atoms. The van der Waals surface area contributed by atoms with Crippen LogP contribution in [-0.4, -0.2) is 8.42 Å². The van der Waals surface area contributed by atoms with E-state index in [9.17, 15) is 8.42 Å². The number of hydrogen-bond donors (Lipinski definition) is 1. The van der Waals surface area contributed by atoms with Crippen LogP contribution in [0.25, 0.3) is 10.8 Å². The first-order valence-corrected chi connectivity index (χ1v) is 9.84. The third kappa shape index (κ3) is 2.76. The van der Waals surface area contributed by atoms with Crippen molar-refractivity contribution in [2.75, 3.05) is 4.72 Å². The molecular formula is C19H16ClNO2S. The van der Waals surface area contributed by atoms with E-state index in [4.69, 9.17) is 11.6 Å². The van der Waals surface area contributed by atoms with Crippen molar-refractivity contribution in [2.45, 2.75) is 18.6 Å². The third-order valence-electron chi connectivity index (χ3n) is 4.45. The van der Waals surface area contributed by atoms with Crippen molar-refractivity contribution in [1.29, 1.82) is 0 Å². The zero-order valence-electron chi connectivity index (χ0n) is 12.9. The fourth-order valence-corrected chi connectivity index (χ4v) is 4.89. The van der Waals surface area contributed by atoms with Crippen molar-refractivity contribution in [2.24, 2.45) is 0 Å². The second-order valence-electron chi connectivity index (χ2n) is 6.06. The van der Waals surface area contributed by atoms with E-state index in [-0.39, 0.29) is 5.75 Å². The molecule has 1 N–H and O–H groups in total. The molecule has 0 aromatic heterocycles. The number of nitrogens with one attached hydrogen (secondary N) is 1. The Morgan fingerprint density at radius 1 is 0.917 bits per heavy atom. The van der Waals surface area contributed by atoms with Gasteiger partial charge in [-0.1, -0.05) is 54.1 Å². The highest BCUT2D eigenvalue weighted by Crippen LogP contribution is 2.35. The third-order valence-corrected chi connectivity index (χ3v) is 6.04. The first kappa shape index (κ1) is 15.5. The topological polar surface area (TPSA) is 46.2 Å². The van der Waals surface area contributed by atoms with Crippen LogP contribution in [0.2, 0.25) is 5.02 Å². The molecule has 3 nitrogen and oxygen atoms in total. The van der Waals surface area contributed by atoms with Crippen LogP contribution >= 0.6 is 11.6 Å². The zero-order chi connectivity index (χ0) is 16.7. The summed E-state index contributed by atoms with van der Waals surface area (Å²) in [7, 11) is -3.54. The largest absolute Gasteiger partial charge is 0.283 e. The Kier molecular flexibility index (Phi) is 3.74. The van der Waals surface area contributed by atoms with Crippen LogP contribution in [0.3, 0.4) is 0 Å². The summed E-state index contributed by atoms with van der Waals surface area (Å²) in [5.41, 5.74) is 3.80. The maximum atomic E-state index is 12.6. The molecule has 0 heterocycles. The summed E-state index contributed by atoms with van der Waals surface area (Å²) in [6.45, 7) is 0. The second kappa shape index (κ2) is 5.80. The lowest BCUT2D eigenvalue weighted by molar-refractivity contribution is 0.600. The Morgan fingerprint density at radius 3 is 2.46 bits per heavy atom. The summed E-state index contributed by atoms with van der Waals surface area (Å²) in [4.78, 5) is 0. The molecule has 1 aliphatic rings. The van der Waals surface area contributed by atoms with Crippen molar-refractivity contribution < 1.29 is 8.42 Å². The summed E-state index contributed by atoms with van der Waals surface area (Å²) in [6, 6.07) is 17.0. The van der Waals surface area contributed by atoms with E-state index in [0.29, 0.717) is 16.3 Å². The highest BCUT2D eigenvalue weighted by Gasteiger charge is 2.19. The van der Waals surface area contributed by atoms with Crippen LogP contribution in [0.4, 0.5) is 5.69 Å². The number of aryl methyl sites for hydroxylation is 2. The Hall–Kier alpha value is -2.04. The molecule has 3 aromatic carbocycles. The molecule has 0 atom stereocenters. The molecule has 5 heteroatoms. The van der Waals surface area contributed by atoms with Crippen LogP contribution in [0.15, 0.2) is 54.6 Å². The average molecular weight is 358 g/mol.